The summed E-state index contributed by atoms with van der Waals surface area (Å²) in [5.41, 5.74) is 6.85. The number of sulfonamides is 1. The van der Waals surface area contributed by atoms with Crippen LogP contribution in [0, 0.1) is 6.92 Å². The lowest BCUT2D eigenvalue weighted by Crippen LogP contribution is -2.33. The van der Waals surface area contributed by atoms with E-state index in [0.717, 1.165) is 12.2 Å². The van der Waals surface area contributed by atoms with Crippen molar-refractivity contribution in [2.45, 2.75) is 31.2 Å². The van der Waals surface area contributed by atoms with E-state index in [0.29, 0.717) is 11.1 Å². The number of thiocarbonyl (C=S) groups is 1. The standard InChI is InChI=1S/C13H20N2O2S3/c1-9-8-11(13(14)18)4-5-12(9)20(16,17)15-10(2)6-7-19-3/h4-5,8,10,15H,6-7H2,1-3H3,(H2,14,18). The van der Waals surface area contributed by atoms with E-state index in [-0.39, 0.29) is 15.9 Å². The van der Waals surface area contributed by atoms with Gasteiger partial charge in [-0.05, 0) is 50.0 Å². The van der Waals surface area contributed by atoms with Gasteiger partial charge in [-0.1, -0.05) is 18.3 Å². The summed E-state index contributed by atoms with van der Waals surface area (Å²) in [7, 11) is -3.51. The van der Waals surface area contributed by atoms with E-state index in [9.17, 15) is 8.42 Å². The van der Waals surface area contributed by atoms with Crippen LogP contribution in [0.2, 0.25) is 0 Å². The summed E-state index contributed by atoms with van der Waals surface area (Å²) in [6.07, 6.45) is 2.80. The fraction of sp³-hybridized carbons (Fsp3) is 0.462. The van der Waals surface area contributed by atoms with Gasteiger partial charge in [0.15, 0.2) is 0 Å². The summed E-state index contributed by atoms with van der Waals surface area (Å²) < 4.78 is 27.3. The molecule has 0 aromatic heterocycles. The van der Waals surface area contributed by atoms with Crippen LogP contribution in [0.15, 0.2) is 23.1 Å². The second-order valence-corrected chi connectivity index (χ2v) is 7.76. The van der Waals surface area contributed by atoms with Crippen LogP contribution in [0.25, 0.3) is 0 Å². The van der Waals surface area contributed by atoms with Crippen LogP contribution >= 0.6 is 24.0 Å². The Balaban J connectivity index is 2.95. The topological polar surface area (TPSA) is 72.2 Å². The molecule has 1 aromatic rings. The Kier molecular flexibility index (Phi) is 6.44. The Hall–Kier alpha value is -0.630. The van der Waals surface area contributed by atoms with Gasteiger partial charge in [0.1, 0.15) is 4.99 Å². The summed E-state index contributed by atoms with van der Waals surface area (Å²) in [4.78, 5) is 0.534. The van der Waals surface area contributed by atoms with Crippen molar-refractivity contribution in [2.75, 3.05) is 12.0 Å². The normalized spacial score (nSPS) is 13.2. The van der Waals surface area contributed by atoms with Crippen LogP contribution in [-0.2, 0) is 10.0 Å². The van der Waals surface area contributed by atoms with E-state index in [1.807, 2.05) is 13.2 Å². The lowest BCUT2D eigenvalue weighted by Gasteiger charge is -2.15. The van der Waals surface area contributed by atoms with Crippen LogP contribution in [0.1, 0.15) is 24.5 Å². The molecule has 1 atom stereocenters. The van der Waals surface area contributed by atoms with Gasteiger partial charge < -0.3 is 5.73 Å². The lowest BCUT2D eigenvalue weighted by molar-refractivity contribution is 0.556. The fourth-order valence-electron chi connectivity index (χ4n) is 1.79. The van der Waals surface area contributed by atoms with Crippen LogP contribution in [0.5, 0.6) is 0 Å². The summed E-state index contributed by atoms with van der Waals surface area (Å²) >= 11 is 6.58. The highest BCUT2D eigenvalue weighted by Crippen LogP contribution is 2.17. The van der Waals surface area contributed by atoms with Crippen molar-refractivity contribution < 1.29 is 8.42 Å². The molecule has 3 N–H and O–H groups in total. The van der Waals surface area contributed by atoms with E-state index in [1.165, 1.54) is 0 Å². The average Bonchev–Trinajstić information content (AvgIpc) is 2.35. The van der Waals surface area contributed by atoms with Crippen molar-refractivity contribution in [3.8, 4) is 0 Å². The van der Waals surface area contributed by atoms with Crippen LogP contribution < -0.4 is 10.5 Å². The second kappa shape index (κ2) is 7.40. The molecule has 0 aliphatic rings. The van der Waals surface area contributed by atoms with Gasteiger partial charge in [-0.2, -0.15) is 11.8 Å². The maximum atomic E-state index is 12.3. The highest BCUT2D eigenvalue weighted by atomic mass is 32.2. The van der Waals surface area contributed by atoms with Gasteiger partial charge in [0.05, 0.1) is 4.90 Å². The summed E-state index contributed by atoms with van der Waals surface area (Å²) in [6.45, 7) is 3.61. The quantitative estimate of drug-likeness (QED) is 0.748. The second-order valence-electron chi connectivity index (χ2n) is 4.65. The molecule has 0 saturated carbocycles. The largest absolute Gasteiger partial charge is 0.389 e. The lowest BCUT2D eigenvalue weighted by atomic mass is 10.1. The van der Waals surface area contributed by atoms with Crippen LogP contribution in [-0.4, -0.2) is 31.5 Å². The van der Waals surface area contributed by atoms with Crippen molar-refractivity contribution in [3.05, 3.63) is 29.3 Å². The van der Waals surface area contributed by atoms with E-state index >= 15 is 0 Å². The van der Waals surface area contributed by atoms with Gasteiger partial charge in [-0.25, -0.2) is 13.1 Å². The number of aryl methyl sites for hydroxylation is 1. The molecule has 20 heavy (non-hydrogen) atoms. The number of nitrogens with one attached hydrogen (secondary N) is 1. The average molecular weight is 333 g/mol. The Bertz CT molecular complexity index is 585. The zero-order valence-corrected chi connectivity index (χ0v) is 14.3. The molecule has 1 rings (SSSR count). The van der Waals surface area contributed by atoms with Crippen molar-refractivity contribution in [2.24, 2.45) is 5.73 Å². The Morgan fingerprint density at radius 1 is 1.50 bits per heavy atom. The highest BCUT2D eigenvalue weighted by molar-refractivity contribution is 7.98. The van der Waals surface area contributed by atoms with Gasteiger partial charge in [-0.15, -0.1) is 0 Å². The summed E-state index contributed by atoms with van der Waals surface area (Å²) in [5, 5.41) is 0. The van der Waals surface area contributed by atoms with E-state index in [2.05, 4.69) is 4.72 Å². The molecule has 1 unspecified atom stereocenters. The molecule has 0 aliphatic heterocycles. The predicted molar refractivity (Wildman–Crippen MR) is 89.8 cm³/mol. The highest BCUT2D eigenvalue weighted by Gasteiger charge is 2.19. The van der Waals surface area contributed by atoms with E-state index in [1.54, 1.807) is 36.9 Å². The van der Waals surface area contributed by atoms with Crippen molar-refractivity contribution >= 4 is 39.0 Å². The zero-order valence-electron chi connectivity index (χ0n) is 11.8. The molecule has 0 saturated heterocycles. The Morgan fingerprint density at radius 2 is 2.15 bits per heavy atom. The van der Waals surface area contributed by atoms with Crippen molar-refractivity contribution in [1.29, 1.82) is 0 Å². The molecule has 112 valence electrons. The SMILES string of the molecule is CSCCC(C)NS(=O)(=O)c1ccc(C(N)=S)cc1C. The predicted octanol–water partition coefficient (Wildman–Crippen LogP) is 2.05. The monoisotopic (exact) mass is 332 g/mol. The number of hydrogen-bond acceptors (Lipinski definition) is 4. The molecule has 7 heteroatoms. The van der Waals surface area contributed by atoms with Crippen LogP contribution in [0.4, 0.5) is 0 Å². The molecule has 0 aliphatic carbocycles. The van der Waals surface area contributed by atoms with E-state index < -0.39 is 10.0 Å². The van der Waals surface area contributed by atoms with Gasteiger partial charge in [0, 0.05) is 11.6 Å². The molecule has 1 aromatic carbocycles. The first-order valence-corrected chi connectivity index (χ1v) is 9.48. The molecule has 0 spiro atoms. The number of hydrogen-bond donors (Lipinski definition) is 2. The molecular formula is C13H20N2O2S3. The molecule has 0 fully saturated rings. The minimum atomic E-state index is -3.51. The van der Waals surface area contributed by atoms with Gasteiger partial charge in [0.2, 0.25) is 10.0 Å². The minimum absolute atomic E-state index is 0.0953. The molecule has 0 radical (unpaired) electrons. The van der Waals surface area contributed by atoms with E-state index in [4.69, 9.17) is 18.0 Å². The van der Waals surface area contributed by atoms with Crippen molar-refractivity contribution in [1.82, 2.24) is 4.72 Å². The minimum Gasteiger partial charge on any atom is -0.389 e. The first kappa shape index (κ1) is 17.4. The molecule has 0 bridgehead atoms. The Morgan fingerprint density at radius 3 is 2.65 bits per heavy atom. The Labute approximate surface area is 130 Å². The van der Waals surface area contributed by atoms with Gasteiger partial charge >= 0.3 is 0 Å². The molecule has 4 nitrogen and oxygen atoms in total. The third kappa shape index (κ3) is 4.73. The molecule has 0 heterocycles. The van der Waals surface area contributed by atoms with Crippen molar-refractivity contribution in [3.63, 3.8) is 0 Å². The first-order valence-electron chi connectivity index (χ1n) is 6.19. The number of nitrogens with two attached hydrogens (primary N) is 1. The number of thioether (sulfide) groups is 1. The fourth-order valence-corrected chi connectivity index (χ4v) is 4.01. The maximum absolute atomic E-state index is 12.3. The third-order valence-electron chi connectivity index (χ3n) is 2.86. The zero-order chi connectivity index (χ0) is 15.3. The van der Waals surface area contributed by atoms with Gasteiger partial charge in [-0.3, -0.25) is 0 Å². The number of benzene rings is 1. The summed E-state index contributed by atoms with van der Waals surface area (Å²) in [6, 6.07) is 4.79. The molecular weight excluding hydrogens is 312 g/mol. The van der Waals surface area contributed by atoms with Crippen LogP contribution in [0.3, 0.4) is 0 Å². The third-order valence-corrected chi connectivity index (χ3v) is 5.49. The smallest absolute Gasteiger partial charge is 0.241 e. The van der Waals surface area contributed by atoms with Gasteiger partial charge in [0.25, 0.3) is 0 Å². The first-order chi connectivity index (χ1) is 9.27. The maximum Gasteiger partial charge on any atom is 0.241 e. The number of rotatable bonds is 7. The summed E-state index contributed by atoms with van der Waals surface area (Å²) in [5.74, 6) is 0.920. The molecule has 0 amide bonds.